The maximum absolute atomic E-state index is 5.43. The van der Waals surface area contributed by atoms with Crippen molar-refractivity contribution >= 4 is 17.6 Å². The average Bonchev–Trinajstić information content (AvgIpc) is 2.74. The van der Waals surface area contributed by atoms with Crippen molar-refractivity contribution in [2.75, 3.05) is 5.43 Å². The first kappa shape index (κ1) is 11.9. The first-order chi connectivity index (χ1) is 8.24. The Morgan fingerprint density at radius 3 is 2.88 bits per heavy atom. The highest BCUT2D eigenvalue weighted by molar-refractivity contribution is 7.99. The molecule has 0 aliphatic rings. The van der Waals surface area contributed by atoms with E-state index in [4.69, 9.17) is 5.84 Å². The summed E-state index contributed by atoms with van der Waals surface area (Å²) in [5, 5.41) is 5.03. The Bertz CT molecular complexity index is 509. The van der Waals surface area contributed by atoms with Gasteiger partial charge in [0.05, 0.1) is 11.1 Å². The van der Waals surface area contributed by atoms with Gasteiger partial charge in [-0.1, -0.05) is 18.7 Å². The highest BCUT2D eigenvalue weighted by atomic mass is 32.2. The summed E-state index contributed by atoms with van der Waals surface area (Å²) in [6.45, 7) is 2.05. The largest absolute Gasteiger partial charge is 0.308 e. The van der Waals surface area contributed by atoms with Gasteiger partial charge in [-0.2, -0.15) is 5.10 Å². The van der Waals surface area contributed by atoms with E-state index in [9.17, 15) is 0 Å². The van der Waals surface area contributed by atoms with E-state index in [1.165, 1.54) is 6.33 Å². The Labute approximate surface area is 104 Å². The SMILES string of the molecule is CCc1c(NN)ncnc1Sc1cnn(C)c1. The van der Waals surface area contributed by atoms with Gasteiger partial charge in [-0.15, -0.1) is 0 Å². The van der Waals surface area contributed by atoms with Gasteiger partial charge in [0.1, 0.15) is 17.2 Å². The van der Waals surface area contributed by atoms with Gasteiger partial charge < -0.3 is 5.43 Å². The number of aromatic nitrogens is 4. The third-order valence-electron chi connectivity index (χ3n) is 2.29. The van der Waals surface area contributed by atoms with Gasteiger partial charge in [-0.25, -0.2) is 15.8 Å². The van der Waals surface area contributed by atoms with Gasteiger partial charge in [-0.05, 0) is 6.42 Å². The van der Waals surface area contributed by atoms with Crippen molar-refractivity contribution in [3.63, 3.8) is 0 Å². The second kappa shape index (κ2) is 5.15. The second-order valence-electron chi connectivity index (χ2n) is 3.46. The quantitative estimate of drug-likeness (QED) is 0.482. The first-order valence-electron chi connectivity index (χ1n) is 5.21. The molecule has 0 amide bonds. The molecule has 0 atom stereocenters. The minimum atomic E-state index is 0.675. The fourth-order valence-corrected chi connectivity index (χ4v) is 2.48. The summed E-state index contributed by atoms with van der Waals surface area (Å²) in [7, 11) is 1.89. The molecule has 6 nitrogen and oxygen atoms in total. The Kier molecular flexibility index (Phi) is 3.60. The molecular weight excluding hydrogens is 236 g/mol. The summed E-state index contributed by atoms with van der Waals surface area (Å²) in [6, 6.07) is 0. The zero-order valence-electron chi connectivity index (χ0n) is 9.71. The van der Waals surface area contributed by atoms with Crippen LogP contribution >= 0.6 is 11.8 Å². The summed E-state index contributed by atoms with van der Waals surface area (Å²) >= 11 is 1.56. The Balaban J connectivity index is 2.32. The molecule has 0 unspecified atom stereocenters. The van der Waals surface area contributed by atoms with Crippen LogP contribution in [-0.4, -0.2) is 19.7 Å². The predicted molar refractivity (Wildman–Crippen MR) is 66.6 cm³/mol. The molecule has 0 fully saturated rings. The zero-order valence-corrected chi connectivity index (χ0v) is 10.5. The lowest BCUT2D eigenvalue weighted by atomic mass is 10.2. The van der Waals surface area contributed by atoms with E-state index in [1.807, 2.05) is 26.4 Å². The second-order valence-corrected chi connectivity index (χ2v) is 4.52. The average molecular weight is 250 g/mol. The number of hydrogen-bond donors (Lipinski definition) is 2. The predicted octanol–water partition coefficient (Wildman–Crippen LogP) is 1.21. The maximum Gasteiger partial charge on any atom is 0.147 e. The molecule has 2 aromatic heterocycles. The number of rotatable bonds is 4. The number of hydrazine groups is 1. The van der Waals surface area contributed by atoms with E-state index in [1.54, 1.807) is 16.4 Å². The highest BCUT2D eigenvalue weighted by Gasteiger charge is 2.10. The van der Waals surface area contributed by atoms with Crippen LogP contribution in [-0.2, 0) is 13.5 Å². The summed E-state index contributed by atoms with van der Waals surface area (Å²) < 4.78 is 1.76. The number of anilines is 1. The fourth-order valence-electron chi connectivity index (χ4n) is 1.49. The third kappa shape index (κ3) is 2.56. The van der Waals surface area contributed by atoms with Gasteiger partial charge in [-0.3, -0.25) is 4.68 Å². The molecule has 17 heavy (non-hydrogen) atoms. The number of aryl methyl sites for hydroxylation is 1. The van der Waals surface area contributed by atoms with Crippen molar-refractivity contribution in [2.45, 2.75) is 23.3 Å². The van der Waals surface area contributed by atoms with Crippen molar-refractivity contribution in [3.05, 3.63) is 24.3 Å². The van der Waals surface area contributed by atoms with Crippen molar-refractivity contribution in [1.29, 1.82) is 0 Å². The van der Waals surface area contributed by atoms with E-state index >= 15 is 0 Å². The molecule has 0 spiro atoms. The van der Waals surface area contributed by atoms with Gasteiger partial charge in [0, 0.05) is 18.8 Å². The van der Waals surface area contributed by atoms with Gasteiger partial charge in [0.2, 0.25) is 0 Å². The molecule has 0 aromatic carbocycles. The third-order valence-corrected chi connectivity index (χ3v) is 3.28. The Hall–Kier alpha value is -1.60. The molecule has 0 aliphatic carbocycles. The molecule has 0 bridgehead atoms. The lowest BCUT2D eigenvalue weighted by Crippen LogP contribution is -2.12. The number of nitrogen functional groups attached to an aromatic ring is 1. The van der Waals surface area contributed by atoms with Crippen LogP contribution in [0.1, 0.15) is 12.5 Å². The van der Waals surface area contributed by atoms with Crippen LogP contribution in [0.25, 0.3) is 0 Å². The molecule has 0 aliphatic heterocycles. The molecule has 2 heterocycles. The van der Waals surface area contributed by atoms with E-state index < -0.39 is 0 Å². The van der Waals surface area contributed by atoms with Crippen LogP contribution in [0.2, 0.25) is 0 Å². The van der Waals surface area contributed by atoms with Crippen molar-refractivity contribution in [2.24, 2.45) is 12.9 Å². The molecule has 0 radical (unpaired) electrons. The smallest absolute Gasteiger partial charge is 0.147 e. The molecule has 7 heteroatoms. The molecule has 0 saturated heterocycles. The van der Waals surface area contributed by atoms with Crippen LogP contribution in [0.15, 0.2) is 28.6 Å². The monoisotopic (exact) mass is 250 g/mol. The maximum atomic E-state index is 5.43. The summed E-state index contributed by atoms with van der Waals surface area (Å²) in [5.41, 5.74) is 3.61. The standard InChI is InChI=1S/C10H14N6S/c1-3-8-9(15-11)12-6-13-10(8)17-7-4-14-16(2)5-7/h4-6H,3,11H2,1-2H3,(H,12,13,15). The van der Waals surface area contributed by atoms with Crippen LogP contribution in [0.4, 0.5) is 5.82 Å². The van der Waals surface area contributed by atoms with Gasteiger partial charge in [0.15, 0.2) is 0 Å². The van der Waals surface area contributed by atoms with E-state index in [0.29, 0.717) is 5.82 Å². The summed E-state index contributed by atoms with van der Waals surface area (Å²) in [6.07, 6.45) is 6.08. The van der Waals surface area contributed by atoms with E-state index in [2.05, 4.69) is 20.5 Å². The van der Waals surface area contributed by atoms with Crippen LogP contribution in [0, 0.1) is 0 Å². The normalized spacial score (nSPS) is 10.5. The zero-order chi connectivity index (χ0) is 12.3. The Morgan fingerprint density at radius 2 is 2.29 bits per heavy atom. The summed E-state index contributed by atoms with van der Waals surface area (Å²) in [5.74, 6) is 6.10. The molecule has 90 valence electrons. The number of hydrogen-bond acceptors (Lipinski definition) is 6. The molecule has 2 aromatic rings. The van der Waals surface area contributed by atoms with E-state index in [0.717, 1.165) is 21.9 Å². The minimum absolute atomic E-state index is 0.675. The molecule has 0 saturated carbocycles. The van der Waals surface area contributed by atoms with Crippen LogP contribution in [0.5, 0.6) is 0 Å². The molecule has 3 N–H and O–H groups in total. The minimum Gasteiger partial charge on any atom is -0.308 e. The summed E-state index contributed by atoms with van der Waals surface area (Å²) in [4.78, 5) is 9.42. The number of nitrogens with one attached hydrogen (secondary N) is 1. The topological polar surface area (TPSA) is 81.7 Å². The van der Waals surface area contributed by atoms with E-state index in [-0.39, 0.29) is 0 Å². The number of nitrogens with zero attached hydrogens (tertiary/aromatic N) is 4. The fraction of sp³-hybridized carbons (Fsp3) is 0.300. The van der Waals surface area contributed by atoms with Crippen molar-refractivity contribution in [1.82, 2.24) is 19.7 Å². The molecular formula is C10H14N6S. The van der Waals surface area contributed by atoms with Crippen LogP contribution < -0.4 is 11.3 Å². The lowest BCUT2D eigenvalue weighted by molar-refractivity contribution is 0.766. The molecule has 2 rings (SSSR count). The number of nitrogens with two attached hydrogens (primary N) is 1. The Morgan fingerprint density at radius 1 is 1.47 bits per heavy atom. The van der Waals surface area contributed by atoms with Crippen LogP contribution in [0.3, 0.4) is 0 Å². The van der Waals surface area contributed by atoms with Crippen molar-refractivity contribution in [3.8, 4) is 0 Å². The van der Waals surface area contributed by atoms with Gasteiger partial charge >= 0.3 is 0 Å². The lowest BCUT2D eigenvalue weighted by Gasteiger charge is -2.09. The van der Waals surface area contributed by atoms with Gasteiger partial charge in [0.25, 0.3) is 0 Å². The first-order valence-corrected chi connectivity index (χ1v) is 6.03. The van der Waals surface area contributed by atoms with Crippen molar-refractivity contribution < 1.29 is 0 Å². The highest BCUT2D eigenvalue weighted by Crippen LogP contribution is 2.30.